The molecule has 5 rings (SSSR count). The molecule has 0 spiro atoms. The molecule has 2 aliphatic heterocycles. The summed E-state index contributed by atoms with van der Waals surface area (Å²) < 4.78 is 27.9. The highest BCUT2D eigenvalue weighted by Crippen LogP contribution is 2.36. The number of likely N-dealkylation sites (N-methyl/N-ethyl adjacent to an activating group) is 1. The Bertz CT molecular complexity index is 1240. The first kappa shape index (κ1) is 23.2. The van der Waals surface area contributed by atoms with Gasteiger partial charge in [0.05, 0.1) is 11.3 Å². The Morgan fingerprint density at radius 1 is 1.09 bits per heavy atom. The van der Waals surface area contributed by atoms with Gasteiger partial charge in [-0.1, -0.05) is 5.16 Å². The Balaban J connectivity index is 0.00000259. The summed E-state index contributed by atoms with van der Waals surface area (Å²) in [5.74, 6) is -1.04. The Labute approximate surface area is 195 Å². The quantitative estimate of drug-likeness (QED) is 0.436. The Hall–Kier alpha value is -3.01. The first-order valence-corrected chi connectivity index (χ1v) is 10.5. The number of aromatic amines is 1. The highest BCUT2D eigenvalue weighted by molar-refractivity contribution is 6.58. The predicted octanol–water partition coefficient (Wildman–Crippen LogP) is 3.68. The molecule has 3 aromatic rings. The fourth-order valence-electron chi connectivity index (χ4n) is 4.10. The van der Waals surface area contributed by atoms with Crippen LogP contribution in [-0.4, -0.2) is 77.7 Å². The summed E-state index contributed by atoms with van der Waals surface area (Å²) in [4.78, 5) is 17.6. The van der Waals surface area contributed by atoms with Gasteiger partial charge < -0.3 is 19.8 Å². The number of hydrogen-bond donors (Lipinski definition) is 2. The number of nitrogens with one attached hydrogen (secondary N) is 1. The minimum Gasteiger partial charge on any atom is -0.494 e. The van der Waals surface area contributed by atoms with E-state index in [1.807, 2.05) is 0 Å². The van der Waals surface area contributed by atoms with Crippen LogP contribution in [0.1, 0.15) is 11.1 Å². The number of halogens is 3. The third kappa shape index (κ3) is 4.57. The van der Waals surface area contributed by atoms with Gasteiger partial charge in [0.25, 0.3) is 0 Å². The van der Waals surface area contributed by atoms with Gasteiger partial charge in [-0.2, -0.15) is 0 Å². The van der Waals surface area contributed by atoms with Crippen LogP contribution in [-0.2, 0) is 4.84 Å². The number of aromatic nitrogens is 1. The number of oxime groups is 1. The molecule has 0 amide bonds. The maximum Gasteiger partial charge on any atom is 0.199 e. The van der Waals surface area contributed by atoms with Gasteiger partial charge in [0.2, 0.25) is 0 Å². The van der Waals surface area contributed by atoms with Crippen LogP contribution in [0.15, 0.2) is 46.5 Å². The average Bonchev–Trinajstić information content (AvgIpc) is 3.28. The van der Waals surface area contributed by atoms with Crippen LogP contribution >= 0.6 is 12.4 Å². The summed E-state index contributed by atoms with van der Waals surface area (Å²) in [6.45, 7) is 5.02. The van der Waals surface area contributed by atoms with Gasteiger partial charge in [-0.15, -0.1) is 12.4 Å². The minimum absolute atomic E-state index is 0. The van der Waals surface area contributed by atoms with Crippen molar-refractivity contribution in [2.24, 2.45) is 10.1 Å². The van der Waals surface area contributed by atoms with Crippen LogP contribution in [0.5, 0.6) is 5.88 Å². The van der Waals surface area contributed by atoms with E-state index < -0.39 is 11.6 Å². The van der Waals surface area contributed by atoms with Gasteiger partial charge in [-0.25, -0.2) is 13.8 Å². The summed E-state index contributed by atoms with van der Waals surface area (Å²) >= 11 is 0. The van der Waals surface area contributed by atoms with E-state index in [0.29, 0.717) is 45.7 Å². The third-order valence-corrected chi connectivity index (χ3v) is 5.90. The van der Waals surface area contributed by atoms with Crippen molar-refractivity contribution in [1.29, 1.82) is 0 Å². The molecule has 0 unspecified atom stereocenters. The number of hydrogen-bond acceptors (Lipinski definition) is 6. The molecule has 0 aliphatic carbocycles. The van der Waals surface area contributed by atoms with Crippen LogP contribution in [0.4, 0.5) is 14.5 Å². The van der Waals surface area contributed by atoms with Gasteiger partial charge in [0, 0.05) is 49.2 Å². The zero-order valence-corrected chi connectivity index (χ0v) is 18.8. The lowest BCUT2D eigenvalue weighted by Crippen LogP contribution is -2.45. The summed E-state index contributed by atoms with van der Waals surface area (Å²) in [6.07, 6.45) is 0. The average molecular weight is 476 g/mol. The molecule has 10 heteroatoms. The van der Waals surface area contributed by atoms with Crippen molar-refractivity contribution in [2.75, 3.05) is 46.4 Å². The smallest absolute Gasteiger partial charge is 0.199 e. The summed E-state index contributed by atoms with van der Waals surface area (Å²) in [5, 5.41) is 15.3. The van der Waals surface area contributed by atoms with Crippen molar-refractivity contribution < 1.29 is 18.7 Å². The third-order valence-electron chi connectivity index (χ3n) is 5.90. The van der Waals surface area contributed by atoms with E-state index in [-0.39, 0.29) is 18.3 Å². The summed E-state index contributed by atoms with van der Waals surface area (Å²) in [7, 11) is 2.10. The molecule has 2 aromatic carbocycles. The lowest BCUT2D eigenvalue weighted by atomic mass is 10.0. The summed E-state index contributed by atoms with van der Waals surface area (Å²) in [6, 6.07) is 8.36. The second kappa shape index (κ2) is 9.46. The van der Waals surface area contributed by atoms with Gasteiger partial charge in [-0.05, 0) is 43.4 Å². The Morgan fingerprint density at radius 2 is 1.82 bits per heavy atom. The zero-order chi connectivity index (χ0) is 22.2. The number of aliphatic imine (C=N–C) groups is 1. The van der Waals surface area contributed by atoms with Crippen LogP contribution in [0.25, 0.3) is 10.9 Å². The van der Waals surface area contributed by atoms with Crippen molar-refractivity contribution >= 4 is 40.4 Å². The molecule has 2 aliphatic rings. The van der Waals surface area contributed by atoms with Crippen LogP contribution in [0.3, 0.4) is 0 Å². The van der Waals surface area contributed by atoms with E-state index in [0.717, 1.165) is 32.7 Å². The van der Waals surface area contributed by atoms with Gasteiger partial charge in [-0.3, -0.25) is 4.90 Å². The largest absolute Gasteiger partial charge is 0.494 e. The van der Waals surface area contributed by atoms with Crippen LogP contribution in [0, 0.1) is 11.6 Å². The molecule has 2 N–H and O–H groups in total. The maximum atomic E-state index is 14.0. The minimum atomic E-state index is -0.443. The predicted molar refractivity (Wildman–Crippen MR) is 126 cm³/mol. The lowest BCUT2D eigenvalue weighted by Gasteiger charge is -2.31. The molecule has 1 saturated heterocycles. The second-order valence-electron chi connectivity index (χ2n) is 8.08. The Morgan fingerprint density at radius 3 is 2.61 bits per heavy atom. The fourth-order valence-corrected chi connectivity index (χ4v) is 4.10. The number of H-pyrrole nitrogens is 1. The van der Waals surface area contributed by atoms with Crippen LogP contribution < -0.4 is 0 Å². The van der Waals surface area contributed by atoms with E-state index in [2.05, 4.69) is 32.0 Å². The fraction of sp³-hybridized carbons (Fsp3) is 0.304. The zero-order valence-electron chi connectivity index (χ0n) is 18.0. The van der Waals surface area contributed by atoms with Crippen molar-refractivity contribution in [1.82, 2.24) is 14.8 Å². The molecule has 3 heterocycles. The molecule has 174 valence electrons. The van der Waals surface area contributed by atoms with Gasteiger partial charge in [0.15, 0.2) is 5.88 Å². The molecule has 0 bridgehead atoms. The molecule has 7 nitrogen and oxygen atoms in total. The second-order valence-corrected chi connectivity index (χ2v) is 8.08. The van der Waals surface area contributed by atoms with E-state index in [1.54, 1.807) is 12.1 Å². The maximum absolute atomic E-state index is 14.0. The van der Waals surface area contributed by atoms with E-state index in [4.69, 9.17) is 4.84 Å². The first-order valence-electron chi connectivity index (χ1n) is 10.5. The number of benzene rings is 2. The van der Waals surface area contributed by atoms with Crippen molar-refractivity contribution in [3.05, 3.63) is 59.2 Å². The standard InChI is InChI=1S/C23H23F2N5O2.ClH/c1-29-6-8-30(9-7-29)10-11-32-28-21-17-13-15(25)3-5-19(17)26-22(21)20-16-12-14(24)2-4-18(16)27-23(20)31;/h2-5,12-13,27,31H,6-11H2,1H3;1H/b28-21+;. The van der Waals surface area contributed by atoms with Gasteiger partial charge >= 0.3 is 0 Å². The molecule has 0 atom stereocenters. The normalized spacial score (nSPS) is 17.8. The van der Waals surface area contributed by atoms with Crippen LogP contribution in [0.2, 0.25) is 0 Å². The van der Waals surface area contributed by atoms with E-state index in [9.17, 15) is 13.9 Å². The summed E-state index contributed by atoms with van der Waals surface area (Å²) in [5.41, 5.74) is 2.44. The number of nitrogens with zero attached hydrogens (tertiary/aromatic N) is 4. The lowest BCUT2D eigenvalue weighted by molar-refractivity contribution is 0.0864. The van der Waals surface area contributed by atoms with Crippen molar-refractivity contribution in [3.8, 4) is 5.88 Å². The van der Waals surface area contributed by atoms with Gasteiger partial charge in [0.1, 0.15) is 29.7 Å². The van der Waals surface area contributed by atoms with Crippen molar-refractivity contribution in [3.63, 3.8) is 0 Å². The van der Waals surface area contributed by atoms with Crippen molar-refractivity contribution in [2.45, 2.75) is 0 Å². The van der Waals surface area contributed by atoms with E-state index in [1.165, 1.54) is 24.3 Å². The molecular weight excluding hydrogens is 452 g/mol. The molecule has 0 saturated carbocycles. The number of fused-ring (bicyclic) bond motifs is 2. The Kier molecular flexibility index (Phi) is 6.64. The molecule has 1 aromatic heterocycles. The highest BCUT2D eigenvalue weighted by atomic mass is 35.5. The SMILES string of the molecule is CN1CCN(CCO/N=C2/C(c3c(O)[nH]c4ccc(F)cc34)=Nc3ccc(F)cc32)CC1.Cl. The molecular formula is C23H24ClF2N5O2. The molecule has 1 fully saturated rings. The number of aromatic hydroxyl groups is 1. The number of piperazine rings is 1. The molecule has 33 heavy (non-hydrogen) atoms. The number of rotatable bonds is 5. The molecule has 0 radical (unpaired) electrons. The topological polar surface area (TPSA) is 76.5 Å². The monoisotopic (exact) mass is 475 g/mol. The van der Waals surface area contributed by atoms with E-state index >= 15 is 0 Å². The first-order chi connectivity index (χ1) is 15.5. The highest BCUT2D eigenvalue weighted by Gasteiger charge is 2.30.